The molecule has 0 aromatic carbocycles. The summed E-state index contributed by atoms with van der Waals surface area (Å²) in [5, 5.41) is 9.23. The minimum Gasteiger partial charge on any atom is -0.244 e. The number of halogens is 1. The number of rotatable bonds is 1. The van der Waals surface area contributed by atoms with Crippen molar-refractivity contribution in [2.45, 2.75) is 6.92 Å². The van der Waals surface area contributed by atoms with E-state index >= 15 is 0 Å². The van der Waals surface area contributed by atoms with Crippen LogP contribution in [-0.4, -0.2) is 20.2 Å². The number of hydrogen-bond donors (Lipinski definition) is 1. The number of aromatic amines is 1. The molecule has 0 atom stereocenters. The Morgan fingerprint density at radius 1 is 1.90 bits per heavy atom. The normalized spacial score (nSPS) is 12.0. The Morgan fingerprint density at radius 3 is 3.00 bits per heavy atom. The lowest BCUT2D eigenvalue weighted by molar-refractivity contribution is 0.811. The molecule has 10 heavy (non-hydrogen) atoms. The fourth-order valence-electron chi connectivity index (χ4n) is 0.458. The first-order valence-corrected chi connectivity index (χ1v) is 2.92. The summed E-state index contributed by atoms with van der Waals surface area (Å²) < 4.78 is 1.02. The van der Waals surface area contributed by atoms with Gasteiger partial charge in [-0.25, -0.2) is 9.89 Å². The van der Waals surface area contributed by atoms with Crippen LogP contribution in [0.5, 0.6) is 0 Å². The summed E-state index contributed by atoms with van der Waals surface area (Å²) in [6.45, 7) is 1.64. The van der Waals surface area contributed by atoms with Gasteiger partial charge in [-0.1, -0.05) is 11.6 Å². The van der Waals surface area contributed by atoms with Gasteiger partial charge in [-0.2, -0.15) is 4.68 Å². The molecule has 0 saturated carbocycles. The first-order chi connectivity index (χ1) is 4.70. The molecule has 0 radical (unpaired) electrons. The molecule has 1 N–H and O–H groups in total. The van der Waals surface area contributed by atoms with E-state index in [2.05, 4.69) is 15.5 Å². The maximum atomic E-state index is 10.6. The van der Waals surface area contributed by atoms with Crippen LogP contribution in [0.1, 0.15) is 6.92 Å². The third-order valence-electron chi connectivity index (χ3n) is 0.795. The third kappa shape index (κ3) is 1.44. The molecular weight excluding hydrogens is 156 g/mol. The van der Waals surface area contributed by atoms with E-state index < -0.39 is 5.69 Å². The van der Waals surface area contributed by atoms with Gasteiger partial charge >= 0.3 is 5.69 Å². The first-order valence-electron chi connectivity index (χ1n) is 2.54. The summed E-state index contributed by atoms with van der Waals surface area (Å²) in [4.78, 5) is 10.6. The highest BCUT2D eigenvalue weighted by molar-refractivity contribution is 6.30. The van der Waals surface area contributed by atoms with Gasteiger partial charge in [0, 0.05) is 5.03 Å². The largest absolute Gasteiger partial charge is 0.365 e. The fourth-order valence-corrected chi connectivity index (χ4v) is 0.551. The lowest BCUT2D eigenvalue weighted by Crippen LogP contribution is -2.12. The van der Waals surface area contributed by atoms with Gasteiger partial charge in [-0.15, -0.1) is 0 Å². The number of aromatic nitrogens is 4. The van der Waals surface area contributed by atoms with Crippen LogP contribution in [0.3, 0.4) is 0 Å². The Morgan fingerprint density at radius 2 is 2.60 bits per heavy atom. The van der Waals surface area contributed by atoms with Gasteiger partial charge in [0.25, 0.3) is 0 Å². The summed E-state index contributed by atoms with van der Waals surface area (Å²) >= 11 is 5.46. The first kappa shape index (κ1) is 7.01. The number of nitrogens with one attached hydrogen (secondary N) is 1. The summed E-state index contributed by atoms with van der Waals surface area (Å²) in [5.74, 6) is 0. The second-order valence-electron chi connectivity index (χ2n) is 1.67. The lowest BCUT2D eigenvalue weighted by Gasteiger charge is -1.83. The van der Waals surface area contributed by atoms with Gasteiger partial charge in [-0.05, 0) is 17.4 Å². The van der Waals surface area contributed by atoms with Crippen LogP contribution in [-0.2, 0) is 0 Å². The zero-order valence-electron chi connectivity index (χ0n) is 5.21. The van der Waals surface area contributed by atoms with Crippen LogP contribution >= 0.6 is 11.6 Å². The summed E-state index contributed by atoms with van der Waals surface area (Å²) in [7, 11) is 0. The number of hydrogen-bond acceptors (Lipinski definition) is 3. The topological polar surface area (TPSA) is 63.6 Å². The highest BCUT2D eigenvalue weighted by atomic mass is 35.5. The molecule has 0 spiro atoms. The Balaban J connectivity index is 3.07. The zero-order valence-corrected chi connectivity index (χ0v) is 5.96. The quantitative estimate of drug-likeness (QED) is 0.630. The molecule has 5 nitrogen and oxygen atoms in total. The average molecular weight is 161 g/mol. The lowest BCUT2D eigenvalue weighted by atomic mass is 10.7. The molecular formula is C4H5ClN4O. The van der Waals surface area contributed by atoms with Crippen molar-refractivity contribution >= 4 is 17.8 Å². The Kier molecular flexibility index (Phi) is 1.86. The standard InChI is InChI=1S/C4H5ClN4O/c1-3(5)2-9-4(10)6-7-8-9/h2H,1H3,(H,6,8,10). The van der Waals surface area contributed by atoms with Crippen molar-refractivity contribution < 1.29 is 0 Å². The van der Waals surface area contributed by atoms with Crippen molar-refractivity contribution in [1.82, 2.24) is 20.2 Å². The molecule has 0 bridgehead atoms. The van der Waals surface area contributed by atoms with E-state index in [1.807, 2.05) is 0 Å². The van der Waals surface area contributed by atoms with Gasteiger partial charge in [0.05, 0.1) is 6.20 Å². The van der Waals surface area contributed by atoms with Gasteiger partial charge in [0.2, 0.25) is 0 Å². The molecule has 1 aromatic rings. The second kappa shape index (κ2) is 2.66. The maximum absolute atomic E-state index is 10.6. The molecule has 0 amide bonds. The van der Waals surface area contributed by atoms with E-state index in [0.717, 1.165) is 4.68 Å². The van der Waals surface area contributed by atoms with Gasteiger partial charge in [0.1, 0.15) is 0 Å². The van der Waals surface area contributed by atoms with Crippen molar-refractivity contribution in [3.8, 4) is 0 Å². The molecule has 1 rings (SSSR count). The number of nitrogens with zero attached hydrogens (tertiary/aromatic N) is 3. The molecule has 0 fully saturated rings. The van der Waals surface area contributed by atoms with Gasteiger partial charge in [-0.3, -0.25) is 0 Å². The van der Waals surface area contributed by atoms with Crippen molar-refractivity contribution in [2.75, 3.05) is 0 Å². The Labute approximate surface area is 61.3 Å². The van der Waals surface area contributed by atoms with E-state index in [4.69, 9.17) is 11.6 Å². The summed E-state index contributed by atoms with van der Waals surface area (Å²) in [5.41, 5.74) is -0.403. The van der Waals surface area contributed by atoms with Gasteiger partial charge < -0.3 is 0 Å². The average Bonchev–Trinajstić information content (AvgIpc) is 2.15. The minimum atomic E-state index is -0.403. The smallest absolute Gasteiger partial charge is 0.244 e. The van der Waals surface area contributed by atoms with Crippen molar-refractivity contribution in [3.05, 3.63) is 15.5 Å². The van der Waals surface area contributed by atoms with Gasteiger partial charge in [0.15, 0.2) is 0 Å². The molecule has 54 valence electrons. The van der Waals surface area contributed by atoms with Crippen molar-refractivity contribution in [1.29, 1.82) is 0 Å². The minimum absolute atomic E-state index is 0.403. The van der Waals surface area contributed by atoms with Crippen LogP contribution in [0, 0.1) is 0 Å². The highest BCUT2D eigenvalue weighted by Gasteiger charge is 1.92. The zero-order chi connectivity index (χ0) is 7.56. The number of H-pyrrole nitrogens is 1. The number of allylic oxidation sites excluding steroid dienone is 1. The van der Waals surface area contributed by atoms with Crippen LogP contribution in [0.25, 0.3) is 6.20 Å². The van der Waals surface area contributed by atoms with E-state index in [1.165, 1.54) is 6.20 Å². The Bertz CT molecular complexity index is 294. The van der Waals surface area contributed by atoms with Crippen LogP contribution in [0.4, 0.5) is 0 Å². The van der Waals surface area contributed by atoms with Crippen LogP contribution in [0.2, 0.25) is 0 Å². The second-order valence-corrected chi connectivity index (χ2v) is 2.26. The molecule has 0 aliphatic heterocycles. The Hall–Kier alpha value is -1.10. The molecule has 6 heteroatoms. The van der Waals surface area contributed by atoms with Crippen LogP contribution < -0.4 is 5.69 Å². The van der Waals surface area contributed by atoms with E-state index in [9.17, 15) is 4.79 Å². The molecule has 0 aliphatic carbocycles. The van der Waals surface area contributed by atoms with Crippen molar-refractivity contribution in [3.63, 3.8) is 0 Å². The summed E-state index contributed by atoms with van der Waals surface area (Å²) in [6.07, 6.45) is 1.37. The maximum Gasteiger partial charge on any atom is 0.365 e. The van der Waals surface area contributed by atoms with E-state index in [-0.39, 0.29) is 0 Å². The summed E-state index contributed by atoms with van der Waals surface area (Å²) in [6, 6.07) is 0. The monoisotopic (exact) mass is 160 g/mol. The van der Waals surface area contributed by atoms with E-state index in [1.54, 1.807) is 6.92 Å². The predicted octanol–water partition coefficient (Wildman–Crippen LogP) is 0.0235. The SMILES string of the molecule is CC(Cl)=Cn1nn[nH]c1=O. The number of tetrazole rings is 1. The fraction of sp³-hybridized carbons (Fsp3) is 0.250. The van der Waals surface area contributed by atoms with Crippen LogP contribution in [0.15, 0.2) is 9.83 Å². The third-order valence-corrected chi connectivity index (χ3v) is 0.893. The predicted molar refractivity (Wildman–Crippen MR) is 36.4 cm³/mol. The molecule has 0 saturated heterocycles. The highest BCUT2D eigenvalue weighted by Crippen LogP contribution is 1.96. The van der Waals surface area contributed by atoms with E-state index in [0.29, 0.717) is 5.03 Å². The van der Waals surface area contributed by atoms with Crippen molar-refractivity contribution in [2.24, 2.45) is 0 Å². The molecule has 0 aliphatic rings. The molecule has 1 heterocycles. The molecule has 1 aromatic heterocycles. The molecule has 0 unspecified atom stereocenters.